The molecule has 0 atom stereocenters. The second kappa shape index (κ2) is 6.82. The Kier molecular flexibility index (Phi) is 5.08. The summed E-state index contributed by atoms with van der Waals surface area (Å²) in [5.74, 6) is 0. The molecule has 0 aliphatic carbocycles. The summed E-state index contributed by atoms with van der Waals surface area (Å²) in [6, 6.07) is 5.48. The van der Waals surface area contributed by atoms with Gasteiger partial charge in [-0.3, -0.25) is 10.1 Å². The first-order valence-electron chi connectivity index (χ1n) is 6.62. The standard InChI is InChI=1S/C14H17BrN4O2/c1-10(2)16-6-13-8-18(9-17-13)7-11-3-4-12(15)5-14(11)19(20)21/h3-5,8-10,16H,6-7H2,1-2H3. The van der Waals surface area contributed by atoms with E-state index in [2.05, 4.69) is 40.1 Å². The summed E-state index contributed by atoms with van der Waals surface area (Å²) >= 11 is 3.26. The van der Waals surface area contributed by atoms with Crippen LogP contribution < -0.4 is 5.32 Å². The van der Waals surface area contributed by atoms with Crippen LogP contribution >= 0.6 is 15.9 Å². The van der Waals surface area contributed by atoms with Gasteiger partial charge in [-0.25, -0.2) is 4.98 Å². The third-order valence-corrected chi connectivity index (χ3v) is 3.47. The Balaban J connectivity index is 2.13. The lowest BCUT2D eigenvalue weighted by atomic mass is 10.2. The zero-order chi connectivity index (χ0) is 15.4. The summed E-state index contributed by atoms with van der Waals surface area (Å²) in [6.07, 6.45) is 3.60. The molecule has 112 valence electrons. The second-order valence-corrected chi connectivity index (χ2v) is 6.02. The average Bonchev–Trinajstić information content (AvgIpc) is 2.86. The molecule has 0 amide bonds. The van der Waals surface area contributed by atoms with Gasteiger partial charge in [0.2, 0.25) is 0 Å². The number of nitrogens with one attached hydrogen (secondary N) is 1. The molecule has 0 spiro atoms. The fraction of sp³-hybridized carbons (Fsp3) is 0.357. The number of aromatic nitrogens is 2. The predicted molar refractivity (Wildman–Crippen MR) is 84.1 cm³/mol. The maximum atomic E-state index is 11.1. The quantitative estimate of drug-likeness (QED) is 0.640. The van der Waals surface area contributed by atoms with Crippen molar-refractivity contribution in [2.45, 2.75) is 33.0 Å². The number of imidazole rings is 1. The monoisotopic (exact) mass is 352 g/mol. The van der Waals surface area contributed by atoms with E-state index in [0.29, 0.717) is 29.2 Å². The summed E-state index contributed by atoms with van der Waals surface area (Å²) in [4.78, 5) is 15.0. The smallest absolute Gasteiger partial charge is 0.275 e. The molecule has 0 bridgehead atoms. The van der Waals surface area contributed by atoms with E-state index < -0.39 is 0 Å². The molecule has 21 heavy (non-hydrogen) atoms. The van der Waals surface area contributed by atoms with E-state index in [0.717, 1.165) is 5.69 Å². The van der Waals surface area contributed by atoms with E-state index >= 15 is 0 Å². The predicted octanol–water partition coefficient (Wildman–Crippen LogP) is 3.10. The van der Waals surface area contributed by atoms with Crippen LogP contribution in [0.3, 0.4) is 0 Å². The lowest BCUT2D eigenvalue weighted by molar-refractivity contribution is -0.385. The molecule has 0 radical (unpaired) electrons. The van der Waals surface area contributed by atoms with Crippen LogP contribution in [0.4, 0.5) is 5.69 Å². The molecule has 0 unspecified atom stereocenters. The maximum Gasteiger partial charge on any atom is 0.275 e. The zero-order valence-corrected chi connectivity index (χ0v) is 13.5. The summed E-state index contributed by atoms with van der Waals surface area (Å²) in [5, 5.41) is 14.4. The number of benzene rings is 1. The van der Waals surface area contributed by atoms with Gasteiger partial charge in [0.25, 0.3) is 5.69 Å². The Morgan fingerprint density at radius 2 is 2.24 bits per heavy atom. The molecule has 0 fully saturated rings. The molecule has 1 N–H and O–H groups in total. The van der Waals surface area contributed by atoms with Gasteiger partial charge < -0.3 is 9.88 Å². The molecule has 0 aliphatic rings. The molecule has 0 saturated heterocycles. The van der Waals surface area contributed by atoms with Crippen LogP contribution in [-0.2, 0) is 13.1 Å². The minimum Gasteiger partial charge on any atom is -0.332 e. The number of hydrogen-bond acceptors (Lipinski definition) is 4. The Labute approximate surface area is 131 Å². The summed E-state index contributed by atoms with van der Waals surface area (Å²) < 4.78 is 2.55. The third kappa shape index (κ3) is 4.37. The van der Waals surface area contributed by atoms with Crippen molar-refractivity contribution in [3.05, 3.63) is 56.6 Å². The van der Waals surface area contributed by atoms with E-state index in [1.807, 2.05) is 10.8 Å². The Hall–Kier alpha value is -1.73. The van der Waals surface area contributed by atoms with Gasteiger partial charge in [0.1, 0.15) is 0 Å². The van der Waals surface area contributed by atoms with Gasteiger partial charge in [-0.1, -0.05) is 29.8 Å². The van der Waals surface area contributed by atoms with Crippen molar-refractivity contribution in [1.29, 1.82) is 0 Å². The van der Waals surface area contributed by atoms with Crippen molar-refractivity contribution in [2.75, 3.05) is 0 Å². The highest BCUT2D eigenvalue weighted by Gasteiger charge is 2.14. The maximum absolute atomic E-state index is 11.1. The SMILES string of the molecule is CC(C)NCc1cn(Cc2ccc(Br)cc2[N+](=O)[O-])cn1. The lowest BCUT2D eigenvalue weighted by Gasteiger charge is -2.05. The van der Waals surface area contributed by atoms with Gasteiger partial charge in [-0.15, -0.1) is 0 Å². The van der Waals surface area contributed by atoms with Crippen molar-refractivity contribution in [1.82, 2.24) is 14.9 Å². The highest BCUT2D eigenvalue weighted by Crippen LogP contribution is 2.24. The van der Waals surface area contributed by atoms with E-state index in [1.165, 1.54) is 6.07 Å². The topological polar surface area (TPSA) is 73.0 Å². The molecule has 7 heteroatoms. The van der Waals surface area contributed by atoms with Gasteiger partial charge in [0.15, 0.2) is 0 Å². The molecule has 2 rings (SSSR count). The fourth-order valence-corrected chi connectivity index (χ4v) is 2.28. The Bertz CT molecular complexity index is 640. The number of halogens is 1. The molecule has 1 heterocycles. The minimum absolute atomic E-state index is 0.111. The lowest BCUT2D eigenvalue weighted by Crippen LogP contribution is -2.21. The van der Waals surface area contributed by atoms with Crippen LogP contribution in [0.1, 0.15) is 25.1 Å². The average molecular weight is 353 g/mol. The number of nitrogens with zero attached hydrogens (tertiary/aromatic N) is 3. The molecule has 6 nitrogen and oxygen atoms in total. The third-order valence-electron chi connectivity index (χ3n) is 2.98. The van der Waals surface area contributed by atoms with Gasteiger partial charge in [0, 0.05) is 34.9 Å². The van der Waals surface area contributed by atoms with Crippen LogP contribution in [0, 0.1) is 10.1 Å². The Morgan fingerprint density at radius 1 is 1.48 bits per heavy atom. The van der Waals surface area contributed by atoms with E-state index in [4.69, 9.17) is 0 Å². The van der Waals surface area contributed by atoms with Crippen LogP contribution in [0.15, 0.2) is 35.2 Å². The molecule has 0 saturated carbocycles. The Morgan fingerprint density at radius 3 is 2.90 bits per heavy atom. The van der Waals surface area contributed by atoms with Gasteiger partial charge in [-0.2, -0.15) is 0 Å². The molecule has 1 aromatic carbocycles. The molecular formula is C14H17BrN4O2. The minimum atomic E-state index is -0.363. The number of nitro benzene ring substituents is 1. The first-order chi connectivity index (χ1) is 9.95. The zero-order valence-electron chi connectivity index (χ0n) is 11.9. The van der Waals surface area contributed by atoms with Crippen LogP contribution in [-0.4, -0.2) is 20.5 Å². The van der Waals surface area contributed by atoms with Crippen molar-refractivity contribution in [3.63, 3.8) is 0 Å². The van der Waals surface area contributed by atoms with Crippen LogP contribution in [0.2, 0.25) is 0 Å². The van der Waals surface area contributed by atoms with Crippen molar-refractivity contribution < 1.29 is 4.92 Å². The fourth-order valence-electron chi connectivity index (χ4n) is 1.93. The molecular weight excluding hydrogens is 336 g/mol. The van der Waals surface area contributed by atoms with E-state index in [1.54, 1.807) is 18.5 Å². The highest BCUT2D eigenvalue weighted by molar-refractivity contribution is 9.10. The number of nitro groups is 1. The second-order valence-electron chi connectivity index (χ2n) is 5.10. The molecule has 1 aromatic heterocycles. The van der Waals surface area contributed by atoms with Crippen LogP contribution in [0.25, 0.3) is 0 Å². The van der Waals surface area contributed by atoms with Gasteiger partial charge in [-0.05, 0) is 12.1 Å². The first kappa shape index (κ1) is 15.7. The van der Waals surface area contributed by atoms with Crippen molar-refractivity contribution >= 4 is 21.6 Å². The normalized spacial score (nSPS) is 11.0. The summed E-state index contributed by atoms with van der Waals surface area (Å²) in [6.45, 7) is 5.26. The largest absolute Gasteiger partial charge is 0.332 e. The number of hydrogen-bond donors (Lipinski definition) is 1. The summed E-state index contributed by atoms with van der Waals surface area (Å²) in [5.41, 5.74) is 1.69. The molecule has 0 aliphatic heterocycles. The molecule has 2 aromatic rings. The van der Waals surface area contributed by atoms with Crippen molar-refractivity contribution in [3.8, 4) is 0 Å². The van der Waals surface area contributed by atoms with E-state index in [9.17, 15) is 10.1 Å². The van der Waals surface area contributed by atoms with E-state index in [-0.39, 0.29) is 10.6 Å². The first-order valence-corrected chi connectivity index (χ1v) is 7.42. The highest BCUT2D eigenvalue weighted by atomic mass is 79.9. The van der Waals surface area contributed by atoms with Crippen molar-refractivity contribution in [2.24, 2.45) is 0 Å². The van der Waals surface area contributed by atoms with Crippen LogP contribution in [0.5, 0.6) is 0 Å². The number of rotatable bonds is 6. The van der Waals surface area contributed by atoms with Gasteiger partial charge in [0.05, 0.1) is 23.5 Å². The summed E-state index contributed by atoms with van der Waals surface area (Å²) in [7, 11) is 0. The van der Waals surface area contributed by atoms with Gasteiger partial charge >= 0.3 is 0 Å².